The summed E-state index contributed by atoms with van der Waals surface area (Å²) < 4.78 is 62.0. The van der Waals surface area contributed by atoms with Gasteiger partial charge in [-0.15, -0.1) is 0 Å². The van der Waals surface area contributed by atoms with E-state index in [0.717, 1.165) is 32.0 Å². The summed E-state index contributed by atoms with van der Waals surface area (Å²) >= 11 is 0. The quantitative estimate of drug-likeness (QED) is 0.531. The Morgan fingerprint density at radius 1 is 1.16 bits per heavy atom. The maximum absolute atomic E-state index is 14.7. The van der Waals surface area contributed by atoms with Gasteiger partial charge in [0.15, 0.2) is 0 Å². The van der Waals surface area contributed by atoms with E-state index in [1.54, 1.807) is 0 Å². The molecule has 1 aromatic carbocycles. The molecule has 0 spiro atoms. The summed E-state index contributed by atoms with van der Waals surface area (Å²) in [5.41, 5.74) is -0.896. The minimum Gasteiger partial charge on any atom is -0.381 e. The Bertz CT molecular complexity index is 1170. The van der Waals surface area contributed by atoms with Crippen LogP contribution in [0.3, 0.4) is 0 Å². The molecule has 0 saturated carbocycles. The molecular formula is C26H32F4N4O3. The molecule has 0 radical (unpaired) electrons. The SMILES string of the molecule is CC(NC(=O)c1cn([C@@H]2CCOC[C@H]2F)c(=O)cc1NC1CCN(C)CC1)c1cccc(C(F)F)c1F. The first-order valence-electron chi connectivity index (χ1n) is 12.5. The molecule has 37 heavy (non-hydrogen) atoms. The molecule has 3 atom stereocenters. The lowest BCUT2D eigenvalue weighted by atomic mass is 10.0. The number of halogens is 4. The number of benzene rings is 1. The van der Waals surface area contributed by atoms with Crippen molar-refractivity contribution in [2.45, 2.75) is 56.9 Å². The Morgan fingerprint density at radius 2 is 1.86 bits per heavy atom. The average Bonchev–Trinajstić information content (AvgIpc) is 2.86. The van der Waals surface area contributed by atoms with Crippen molar-refractivity contribution in [2.75, 3.05) is 38.7 Å². The predicted octanol–water partition coefficient (Wildman–Crippen LogP) is 4.22. The van der Waals surface area contributed by atoms with Gasteiger partial charge in [0.05, 0.1) is 35.5 Å². The van der Waals surface area contributed by atoms with Gasteiger partial charge >= 0.3 is 0 Å². The summed E-state index contributed by atoms with van der Waals surface area (Å²) in [5, 5.41) is 5.95. The van der Waals surface area contributed by atoms with E-state index >= 15 is 0 Å². The van der Waals surface area contributed by atoms with Gasteiger partial charge in [-0.3, -0.25) is 9.59 Å². The van der Waals surface area contributed by atoms with Crippen molar-refractivity contribution in [2.24, 2.45) is 0 Å². The van der Waals surface area contributed by atoms with Crippen LogP contribution in [0.4, 0.5) is 23.2 Å². The van der Waals surface area contributed by atoms with Crippen molar-refractivity contribution < 1.29 is 27.1 Å². The Balaban J connectivity index is 1.65. The fourth-order valence-corrected chi connectivity index (χ4v) is 4.91. The number of piperidine rings is 1. The first-order chi connectivity index (χ1) is 17.7. The van der Waals surface area contributed by atoms with E-state index in [2.05, 4.69) is 15.5 Å². The molecule has 1 aromatic heterocycles. The largest absolute Gasteiger partial charge is 0.381 e. The molecule has 202 valence electrons. The topological polar surface area (TPSA) is 75.6 Å². The van der Waals surface area contributed by atoms with Gasteiger partial charge in [0.25, 0.3) is 17.9 Å². The second-order valence-electron chi connectivity index (χ2n) is 9.76. The molecule has 2 N–H and O–H groups in total. The number of carbonyl (C=O) groups excluding carboxylic acids is 1. The molecule has 1 amide bonds. The van der Waals surface area contributed by atoms with E-state index in [4.69, 9.17) is 4.74 Å². The second-order valence-corrected chi connectivity index (χ2v) is 9.76. The highest BCUT2D eigenvalue weighted by atomic mass is 19.3. The number of alkyl halides is 3. The molecule has 11 heteroatoms. The van der Waals surface area contributed by atoms with Crippen LogP contribution in [-0.2, 0) is 4.74 Å². The normalized spacial score (nSPS) is 22.1. The highest BCUT2D eigenvalue weighted by molar-refractivity contribution is 5.99. The molecule has 4 rings (SSSR count). The lowest BCUT2D eigenvalue weighted by molar-refractivity contribution is 0.00232. The lowest BCUT2D eigenvalue weighted by Gasteiger charge is -2.31. The standard InChI is InChI=1S/C26H32F4N4O3/c1-15(17-4-3-5-18(24(17)28)25(29)30)31-26(36)19-13-34(22-8-11-37-14-20(22)27)23(35)12-21(19)32-16-6-9-33(2)10-7-16/h3-5,12-13,15-16,20,22,25,32H,6-11,14H2,1-2H3,(H,31,36)/t15?,20-,22-/m1/s1. The number of nitrogens with one attached hydrogen (secondary N) is 2. The minimum absolute atomic E-state index is 0.0209. The number of likely N-dealkylation sites (tertiary alicyclic amines) is 1. The Kier molecular flexibility index (Phi) is 8.53. The molecule has 1 unspecified atom stereocenters. The monoisotopic (exact) mass is 524 g/mol. The first-order valence-corrected chi connectivity index (χ1v) is 12.5. The third-order valence-corrected chi connectivity index (χ3v) is 7.12. The van der Waals surface area contributed by atoms with E-state index in [1.807, 2.05) is 7.05 Å². The Hall–Kier alpha value is -2.92. The van der Waals surface area contributed by atoms with Gasteiger partial charge < -0.3 is 24.8 Å². The van der Waals surface area contributed by atoms with Crippen LogP contribution in [0.5, 0.6) is 0 Å². The van der Waals surface area contributed by atoms with E-state index in [0.29, 0.717) is 5.69 Å². The van der Waals surface area contributed by atoms with Crippen molar-refractivity contribution in [3.8, 4) is 0 Å². The molecule has 0 bridgehead atoms. The van der Waals surface area contributed by atoms with E-state index in [-0.39, 0.29) is 36.8 Å². The maximum atomic E-state index is 14.7. The molecule has 2 aliphatic heterocycles. The molecule has 3 heterocycles. The van der Waals surface area contributed by atoms with Gasteiger partial charge in [-0.2, -0.15) is 0 Å². The maximum Gasteiger partial charge on any atom is 0.266 e. The summed E-state index contributed by atoms with van der Waals surface area (Å²) in [6.45, 7) is 3.31. The van der Waals surface area contributed by atoms with Crippen molar-refractivity contribution in [3.05, 3.63) is 63.3 Å². The Morgan fingerprint density at radius 3 is 2.54 bits per heavy atom. The van der Waals surface area contributed by atoms with Gasteiger partial charge in [0, 0.05) is 30.5 Å². The average molecular weight is 525 g/mol. The number of amides is 1. The molecule has 2 aliphatic rings. The highest BCUT2D eigenvalue weighted by Crippen LogP contribution is 2.29. The fourth-order valence-electron chi connectivity index (χ4n) is 4.91. The van der Waals surface area contributed by atoms with Crippen LogP contribution in [0.15, 0.2) is 35.3 Å². The van der Waals surface area contributed by atoms with Gasteiger partial charge in [0.1, 0.15) is 12.0 Å². The van der Waals surface area contributed by atoms with Crippen LogP contribution in [0.1, 0.15) is 66.2 Å². The minimum atomic E-state index is -3.00. The van der Waals surface area contributed by atoms with Crippen LogP contribution >= 0.6 is 0 Å². The summed E-state index contributed by atoms with van der Waals surface area (Å²) in [5.74, 6) is -1.72. The number of carbonyl (C=O) groups is 1. The number of ether oxygens (including phenoxy) is 1. The molecule has 2 fully saturated rings. The van der Waals surface area contributed by atoms with Crippen molar-refractivity contribution in [3.63, 3.8) is 0 Å². The number of hydrogen-bond acceptors (Lipinski definition) is 5. The van der Waals surface area contributed by atoms with Crippen molar-refractivity contribution in [1.29, 1.82) is 0 Å². The van der Waals surface area contributed by atoms with Crippen LogP contribution in [-0.4, -0.2) is 60.9 Å². The number of pyridine rings is 1. The van der Waals surface area contributed by atoms with Gasteiger partial charge in [0.2, 0.25) is 0 Å². The molecule has 2 saturated heterocycles. The van der Waals surface area contributed by atoms with Gasteiger partial charge in [-0.25, -0.2) is 17.6 Å². The van der Waals surface area contributed by atoms with E-state index in [1.165, 1.54) is 35.9 Å². The summed E-state index contributed by atoms with van der Waals surface area (Å²) in [4.78, 5) is 28.6. The zero-order valence-electron chi connectivity index (χ0n) is 20.9. The summed E-state index contributed by atoms with van der Waals surface area (Å²) in [6.07, 6.45) is -1.21. The zero-order chi connectivity index (χ0) is 26.7. The van der Waals surface area contributed by atoms with Gasteiger partial charge in [-0.05, 0) is 46.3 Å². The van der Waals surface area contributed by atoms with Crippen LogP contribution < -0.4 is 16.2 Å². The first kappa shape index (κ1) is 27.1. The van der Waals surface area contributed by atoms with E-state index in [9.17, 15) is 27.2 Å². The smallest absolute Gasteiger partial charge is 0.266 e. The number of rotatable bonds is 7. The van der Waals surface area contributed by atoms with E-state index < -0.39 is 47.5 Å². The second kappa shape index (κ2) is 11.6. The number of anilines is 1. The zero-order valence-corrected chi connectivity index (χ0v) is 20.9. The van der Waals surface area contributed by atoms with Gasteiger partial charge in [-0.1, -0.05) is 18.2 Å². The molecular weight excluding hydrogens is 492 g/mol. The Labute approximate surface area is 212 Å². The molecule has 7 nitrogen and oxygen atoms in total. The summed E-state index contributed by atoms with van der Waals surface area (Å²) in [7, 11) is 2.01. The third kappa shape index (κ3) is 6.15. The van der Waals surface area contributed by atoms with Crippen LogP contribution in [0.2, 0.25) is 0 Å². The number of nitrogens with zero attached hydrogens (tertiary/aromatic N) is 2. The predicted molar refractivity (Wildman–Crippen MR) is 131 cm³/mol. The summed E-state index contributed by atoms with van der Waals surface area (Å²) in [6, 6.07) is 3.22. The number of aromatic nitrogens is 1. The van der Waals surface area contributed by atoms with Crippen LogP contribution in [0, 0.1) is 5.82 Å². The molecule has 2 aromatic rings. The number of hydrogen-bond donors (Lipinski definition) is 2. The van der Waals surface area contributed by atoms with Crippen molar-refractivity contribution in [1.82, 2.24) is 14.8 Å². The van der Waals surface area contributed by atoms with Crippen LogP contribution in [0.25, 0.3) is 0 Å². The molecule has 0 aliphatic carbocycles. The third-order valence-electron chi connectivity index (χ3n) is 7.12. The lowest BCUT2D eigenvalue weighted by Crippen LogP contribution is -2.40. The highest BCUT2D eigenvalue weighted by Gasteiger charge is 2.30. The van der Waals surface area contributed by atoms with Crippen molar-refractivity contribution >= 4 is 11.6 Å². The fraction of sp³-hybridized carbons (Fsp3) is 0.538.